The highest BCUT2D eigenvalue weighted by Crippen LogP contribution is 2.39. The van der Waals surface area contributed by atoms with E-state index in [9.17, 15) is 0 Å². The van der Waals surface area contributed by atoms with Crippen molar-refractivity contribution < 1.29 is 0 Å². The molecule has 0 aromatic carbocycles. The zero-order valence-corrected chi connectivity index (χ0v) is 16.3. The van der Waals surface area contributed by atoms with Crippen LogP contribution in [0, 0.1) is 5.92 Å². The molecule has 1 fully saturated rings. The van der Waals surface area contributed by atoms with Crippen LogP contribution in [0.5, 0.6) is 0 Å². The smallest absolute Gasteiger partial charge is 0.142 e. The number of nitrogen functional groups attached to an aromatic ring is 1. The SMILES string of the molecule is C[C@H]1CCc2c(sc3nc(CSC(=S)N4CCCC4)nc(N)c23)C1. The first-order valence-electron chi connectivity index (χ1n) is 8.60. The third kappa shape index (κ3) is 3.13. The molecule has 3 heterocycles. The van der Waals surface area contributed by atoms with E-state index >= 15 is 0 Å². The first-order chi connectivity index (χ1) is 11.6. The lowest BCUT2D eigenvalue weighted by molar-refractivity contribution is 0.509. The van der Waals surface area contributed by atoms with Crippen LogP contribution in [-0.2, 0) is 18.6 Å². The third-order valence-electron chi connectivity index (χ3n) is 4.92. The fourth-order valence-corrected chi connectivity index (χ4v) is 6.11. The molecule has 2 aliphatic rings. The molecule has 4 rings (SSSR count). The van der Waals surface area contributed by atoms with Crippen molar-refractivity contribution >= 4 is 55.7 Å². The maximum Gasteiger partial charge on any atom is 0.142 e. The van der Waals surface area contributed by atoms with Gasteiger partial charge in [0.2, 0.25) is 0 Å². The minimum absolute atomic E-state index is 0.648. The van der Waals surface area contributed by atoms with E-state index in [1.54, 1.807) is 11.8 Å². The summed E-state index contributed by atoms with van der Waals surface area (Å²) in [4.78, 5) is 14.2. The zero-order chi connectivity index (χ0) is 16.7. The van der Waals surface area contributed by atoms with Gasteiger partial charge in [0.05, 0.1) is 11.1 Å². The van der Waals surface area contributed by atoms with E-state index in [2.05, 4.69) is 16.8 Å². The molecule has 2 aromatic rings. The molecule has 2 N–H and O–H groups in total. The van der Waals surface area contributed by atoms with Gasteiger partial charge in [-0.15, -0.1) is 11.3 Å². The molecular formula is C17H22N4S3. The Labute approximate surface area is 156 Å². The maximum atomic E-state index is 6.29. The van der Waals surface area contributed by atoms with Crippen molar-refractivity contribution in [3.63, 3.8) is 0 Å². The average molecular weight is 379 g/mol. The van der Waals surface area contributed by atoms with Crippen LogP contribution in [-0.4, -0.2) is 32.3 Å². The van der Waals surface area contributed by atoms with Crippen molar-refractivity contribution in [1.82, 2.24) is 14.9 Å². The Morgan fingerprint density at radius 1 is 1.38 bits per heavy atom. The molecule has 4 nitrogen and oxygen atoms in total. The summed E-state index contributed by atoms with van der Waals surface area (Å²) < 4.78 is 0.967. The highest BCUT2D eigenvalue weighted by atomic mass is 32.2. The number of aromatic nitrogens is 2. The summed E-state index contributed by atoms with van der Waals surface area (Å²) in [7, 11) is 0. The van der Waals surface area contributed by atoms with Crippen LogP contribution in [0.1, 0.15) is 42.5 Å². The van der Waals surface area contributed by atoms with Crippen LogP contribution in [0.3, 0.4) is 0 Å². The standard InChI is InChI=1S/C17H22N4S3/c1-10-4-5-11-12(8-10)24-16-14(11)15(18)19-13(20-16)9-23-17(22)21-6-2-3-7-21/h10H,2-9H2,1H3,(H2,18,19,20)/t10-/m0/s1. The van der Waals surface area contributed by atoms with E-state index in [1.165, 1.54) is 29.7 Å². The molecule has 128 valence electrons. The van der Waals surface area contributed by atoms with Crippen LogP contribution in [0.2, 0.25) is 0 Å². The second-order valence-corrected chi connectivity index (χ2v) is 9.50. The van der Waals surface area contributed by atoms with Crippen LogP contribution in [0.15, 0.2) is 0 Å². The second kappa shape index (κ2) is 6.77. The molecule has 1 saturated heterocycles. The molecule has 1 atom stereocenters. The highest BCUT2D eigenvalue weighted by Gasteiger charge is 2.23. The number of nitrogens with zero attached hydrogens (tertiary/aromatic N) is 3. The van der Waals surface area contributed by atoms with Crippen LogP contribution in [0.4, 0.5) is 5.82 Å². The van der Waals surface area contributed by atoms with Crippen LogP contribution in [0.25, 0.3) is 10.2 Å². The Balaban J connectivity index is 1.55. The molecular weight excluding hydrogens is 356 g/mol. The van der Waals surface area contributed by atoms with E-state index in [0.29, 0.717) is 11.6 Å². The van der Waals surface area contributed by atoms with E-state index in [-0.39, 0.29) is 0 Å². The van der Waals surface area contributed by atoms with Gasteiger partial charge in [0.15, 0.2) is 0 Å². The molecule has 1 aliphatic carbocycles. The van der Waals surface area contributed by atoms with Crippen LogP contribution >= 0.6 is 35.3 Å². The van der Waals surface area contributed by atoms with Gasteiger partial charge in [-0.3, -0.25) is 0 Å². The number of hydrogen-bond donors (Lipinski definition) is 1. The summed E-state index contributed by atoms with van der Waals surface area (Å²) in [6.45, 7) is 4.50. The summed E-state index contributed by atoms with van der Waals surface area (Å²) in [6, 6.07) is 0. The molecule has 0 radical (unpaired) electrons. The Morgan fingerprint density at radius 3 is 2.96 bits per heavy atom. The highest BCUT2D eigenvalue weighted by molar-refractivity contribution is 8.22. The van der Waals surface area contributed by atoms with Crippen molar-refractivity contribution in [3.05, 3.63) is 16.3 Å². The largest absolute Gasteiger partial charge is 0.383 e. The van der Waals surface area contributed by atoms with Gasteiger partial charge >= 0.3 is 0 Å². The number of nitrogens with two attached hydrogens (primary N) is 1. The number of anilines is 1. The fraction of sp³-hybridized carbons (Fsp3) is 0.588. The fourth-order valence-electron chi connectivity index (χ4n) is 3.60. The topological polar surface area (TPSA) is 55.0 Å². The molecule has 0 bridgehead atoms. The number of fused-ring (bicyclic) bond motifs is 3. The predicted octanol–water partition coefficient (Wildman–Crippen LogP) is 4.01. The number of thioether (sulfide) groups is 1. The molecule has 0 saturated carbocycles. The maximum absolute atomic E-state index is 6.29. The Kier molecular flexibility index (Phi) is 4.66. The zero-order valence-electron chi connectivity index (χ0n) is 13.9. The third-order valence-corrected chi connectivity index (χ3v) is 7.59. The van der Waals surface area contributed by atoms with E-state index in [4.69, 9.17) is 22.9 Å². The van der Waals surface area contributed by atoms with Gasteiger partial charge in [-0.25, -0.2) is 9.97 Å². The number of thiocarbonyl (C=S) groups is 1. The van der Waals surface area contributed by atoms with E-state index in [1.807, 2.05) is 11.3 Å². The first kappa shape index (κ1) is 16.5. The number of hydrogen-bond acceptors (Lipinski definition) is 6. The van der Waals surface area contributed by atoms with Crippen molar-refractivity contribution in [1.29, 1.82) is 0 Å². The minimum atomic E-state index is 0.648. The second-order valence-electron chi connectivity index (χ2n) is 6.81. The van der Waals surface area contributed by atoms with Gasteiger partial charge in [-0.05, 0) is 43.6 Å². The minimum Gasteiger partial charge on any atom is -0.383 e. The van der Waals surface area contributed by atoms with E-state index < -0.39 is 0 Å². The Morgan fingerprint density at radius 2 is 2.17 bits per heavy atom. The van der Waals surface area contributed by atoms with E-state index in [0.717, 1.165) is 52.2 Å². The normalized spacial score (nSPS) is 20.5. The molecule has 7 heteroatoms. The predicted molar refractivity (Wildman–Crippen MR) is 108 cm³/mol. The van der Waals surface area contributed by atoms with Crippen molar-refractivity contribution in [2.45, 2.75) is 44.8 Å². The van der Waals surface area contributed by atoms with Crippen molar-refractivity contribution in [2.75, 3.05) is 18.8 Å². The van der Waals surface area contributed by atoms with Gasteiger partial charge in [-0.1, -0.05) is 30.9 Å². The lowest BCUT2D eigenvalue weighted by atomic mass is 9.89. The summed E-state index contributed by atoms with van der Waals surface area (Å²) >= 11 is 9.00. The monoisotopic (exact) mass is 378 g/mol. The molecule has 2 aromatic heterocycles. The van der Waals surface area contributed by atoms with Gasteiger partial charge in [0.1, 0.15) is 20.8 Å². The molecule has 0 unspecified atom stereocenters. The van der Waals surface area contributed by atoms with Crippen molar-refractivity contribution in [2.24, 2.45) is 5.92 Å². The number of rotatable bonds is 2. The van der Waals surface area contributed by atoms with Crippen molar-refractivity contribution in [3.8, 4) is 0 Å². The van der Waals surface area contributed by atoms with Gasteiger partial charge in [0.25, 0.3) is 0 Å². The summed E-state index contributed by atoms with van der Waals surface area (Å²) in [5.74, 6) is 2.91. The Bertz CT molecular complexity index is 780. The lowest BCUT2D eigenvalue weighted by Gasteiger charge is -2.18. The van der Waals surface area contributed by atoms with Gasteiger partial charge in [0, 0.05) is 18.0 Å². The number of thiophene rings is 1. The lowest BCUT2D eigenvalue weighted by Crippen LogP contribution is -2.23. The molecule has 24 heavy (non-hydrogen) atoms. The molecule has 0 spiro atoms. The van der Waals surface area contributed by atoms with Gasteiger partial charge < -0.3 is 10.6 Å². The summed E-state index contributed by atoms with van der Waals surface area (Å²) in [5.41, 5.74) is 7.69. The molecule has 1 aliphatic heterocycles. The average Bonchev–Trinajstić information content (AvgIpc) is 3.19. The summed E-state index contributed by atoms with van der Waals surface area (Å²) in [5, 5.41) is 1.11. The molecule has 0 amide bonds. The number of likely N-dealkylation sites (tertiary alicyclic amines) is 1. The van der Waals surface area contributed by atoms with Gasteiger partial charge in [-0.2, -0.15) is 0 Å². The summed E-state index contributed by atoms with van der Waals surface area (Å²) in [6.07, 6.45) is 5.99. The number of aryl methyl sites for hydroxylation is 1. The quantitative estimate of drug-likeness (QED) is 0.797. The van der Waals surface area contributed by atoms with Crippen LogP contribution < -0.4 is 5.73 Å². The first-order valence-corrected chi connectivity index (χ1v) is 10.8. The Hall–Kier alpha value is -0.920.